The molecule has 2 rings (SSSR count). The maximum atomic E-state index is 12.3. The molecule has 0 spiro atoms. The number of aromatic nitrogens is 1. The van der Waals surface area contributed by atoms with Gasteiger partial charge in [0.15, 0.2) is 11.9 Å². The number of hydrogen-bond acceptors (Lipinski definition) is 6. The van der Waals surface area contributed by atoms with Crippen LogP contribution in [0.4, 0.5) is 5.69 Å². The normalized spacial score (nSPS) is 11.7. The van der Waals surface area contributed by atoms with Crippen molar-refractivity contribution >= 4 is 23.3 Å². The lowest BCUT2D eigenvalue weighted by molar-refractivity contribution is -0.123. The van der Waals surface area contributed by atoms with Crippen LogP contribution in [0.3, 0.4) is 0 Å². The van der Waals surface area contributed by atoms with Gasteiger partial charge in [0.2, 0.25) is 0 Å². The number of amides is 1. The molecular formula is C18H20N2O5. The molecule has 0 radical (unpaired) electrons. The van der Waals surface area contributed by atoms with E-state index in [1.54, 1.807) is 31.2 Å². The minimum absolute atomic E-state index is 0.0593. The number of rotatable bonds is 6. The van der Waals surface area contributed by atoms with Gasteiger partial charge >= 0.3 is 5.97 Å². The van der Waals surface area contributed by atoms with Crippen molar-refractivity contribution < 1.29 is 23.6 Å². The van der Waals surface area contributed by atoms with Crippen molar-refractivity contribution in [2.24, 2.45) is 0 Å². The highest BCUT2D eigenvalue weighted by atomic mass is 16.5. The molecule has 7 nitrogen and oxygen atoms in total. The summed E-state index contributed by atoms with van der Waals surface area (Å²) in [4.78, 5) is 35.7. The van der Waals surface area contributed by atoms with Gasteiger partial charge in [0.25, 0.3) is 5.91 Å². The molecule has 25 heavy (non-hydrogen) atoms. The van der Waals surface area contributed by atoms with Gasteiger partial charge in [-0.05, 0) is 51.5 Å². The first-order valence-corrected chi connectivity index (χ1v) is 7.91. The van der Waals surface area contributed by atoms with E-state index >= 15 is 0 Å². The number of nitrogens with zero attached hydrogens (tertiary/aromatic N) is 1. The first-order chi connectivity index (χ1) is 11.8. The number of esters is 1. The van der Waals surface area contributed by atoms with E-state index in [-0.39, 0.29) is 11.3 Å². The Labute approximate surface area is 145 Å². The minimum atomic E-state index is -1.00. The number of benzene rings is 1. The van der Waals surface area contributed by atoms with E-state index in [2.05, 4.69) is 10.5 Å². The molecule has 1 N–H and O–H groups in total. The molecule has 0 saturated carbocycles. The van der Waals surface area contributed by atoms with E-state index in [9.17, 15) is 14.4 Å². The number of ketones is 1. The molecule has 0 bridgehead atoms. The molecule has 2 aromatic rings. The fraction of sp³-hybridized carbons (Fsp3) is 0.333. The van der Waals surface area contributed by atoms with Crippen molar-refractivity contribution in [1.82, 2.24) is 5.16 Å². The fourth-order valence-corrected chi connectivity index (χ4v) is 2.23. The second-order valence-corrected chi connectivity index (χ2v) is 5.58. The Bertz CT molecular complexity index is 792. The number of hydrogen-bond donors (Lipinski definition) is 1. The van der Waals surface area contributed by atoms with E-state index < -0.39 is 18.0 Å². The largest absolute Gasteiger partial charge is 0.449 e. The number of Topliss-reactive ketones (excluding diaryl/α,β-unsaturated/α-hetero) is 1. The van der Waals surface area contributed by atoms with Crippen LogP contribution in [0.15, 0.2) is 28.8 Å². The summed E-state index contributed by atoms with van der Waals surface area (Å²) in [5.41, 5.74) is 1.81. The van der Waals surface area contributed by atoms with Gasteiger partial charge in [-0.2, -0.15) is 0 Å². The summed E-state index contributed by atoms with van der Waals surface area (Å²) < 4.78 is 10.2. The lowest BCUT2D eigenvalue weighted by atomic mass is 10.1. The van der Waals surface area contributed by atoms with E-state index in [1.165, 1.54) is 13.8 Å². The fourth-order valence-electron chi connectivity index (χ4n) is 2.23. The number of carbonyl (C=O) groups is 3. The van der Waals surface area contributed by atoms with Gasteiger partial charge in [0, 0.05) is 11.3 Å². The van der Waals surface area contributed by atoms with Crippen molar-refractivity contribution in [1.29, 1.82) is 0 Å². The maximum absolute atomic E-state index is 12.3. The van der Waals surface area contributed by atoms with Crippen molar-refractivity contribution in [3.05, 3.63) is 46.8 Å². The van der Waals surface area contributed by atoms with Crippen LogP contribution < -0.4 is 5.32 Å². The molecule has 0 unspecified atom stereocenters. The number of carbonyl (C=O) groups excluding carboxylic acids is 3. The first kappa shape index (κ1) is 18.4. The van der Waals surface area contributed by atoms with Crippen molar-refractivity contribution in [2.45, 2.75) is 40.2 Å². The predicted molar refractivity (Wildman–Crippen MR) is 90.6 cm³/mol. The smallest absolute Gasteiger partial charge is 0.344 e. The molecule has 1 aromatic heterocycles. The molecule has 132 valence electrons. The Morgan fingerprint density at radius 3 is 2.44 bits per heavy atom. The molecule has 0 aliphatic carbocycles. The van der Waals surface area contributed by atoms with Gasteiger partial charge in [0.1, 0.15) is 11.3 Å². The number of nitrogens with one attached hydrogen (secondary N) is 1. The SMILES string of the molecule is CCc1noc(C)c1C(=O)O[C@@H](C)C(=O)Nc1ccc(C(C)=O)cc1. The topological polar surface area (TPSA) is 98.5 Å². The van der Waals surface area contributed by atoms with Crippen LogP contribution in [-0.4, -0.2) is 28.9 Å². The van der Waals surface area contributed by atoms with Crippen molar-refractivity contribution in [3.8, 4) is 0 Å². The Morgan fingerprint density at radius 1 is 1.24 bits per heavy atom. The van der Waals surface area contributed by atoms with Gasteiger partial charge in [-0.15, -0.1) is 0 Å². The highest BCUT2D eigenvalue weighted by Gasteiger charge is 2.25. The average molecular weight is 344 g/mol. The molecule has 0 saturated heterocycles. The molecule has 0 aliphatic rings. The summed E-state index contributed by atoms with van der Waals surface area (Å²) in [6.07, 6.45) is -0.482. The molecule has 1 aromatic carbocycles. The zero-order valence-corrected chi connectivity index (χ0v) is 14.6. The summed E-state index contributed by atoms with van der Waals surface area (Å²) in [5, 5.41) is 6.43. The molecule has 1 atom stereocenters. The van der Waals surface area contributed by atoms with Crippen LogP contribution in [0.5, 0.6) is 0 Å². The van der Waals surface area contributed by atoms with Crippen LogP contribution in [0.1, 0.15) is 52.9 Å². The van der Waals surface area contributed by atoms with Crippen LogP contribution in [0, 0.1) is 6.92 Å². The quantitative estimate of drug-likeness (QED) is 0.639. The summed E-state index contributed by atoms with van der Waals surface area (Å²) in [6, 6.07) is 6.45. The lowest BCUT2D eigenvalue weighted by Gasteiger charge is -2.13. The van der Waals surface area contributed by atoms with E-state index in [0.717, 1.165) is 0 Å². The third kappa shape index (κ3) is 4.32. The number of ether oxygens (including phenoxy) is 1. The Morgan fingerprint density at radius 2 is 1.88 bits per heavy atom. The Kier molecular flexibility index (Phi) is 5.69. The van der Waals surface area contributed by atoms with Gasteiger partial charge < -0.3 is 14.6 Å². The van der Waals surface area contributed by atoms with Crippen molar-refractivity contribution in [3.63, 3.8) is 0 Å². The second kappa shape index (κ2) is 7.74. The number of anilines is 1. The summed E-state index contributed by atoms with van der Waals surface area (Å²) >= 11 is 0. The Hall–Kier alpha value is -2.96. The summed E-state index contributed by atoms with van der Waals surface area (Å²) in [7, 11) is 0. The van der Waals surface area contributed by atoms with E-state index in [1.807, 2.05) is 6.92 Å². The van der Waals surface area contributed by atoms with Crippen LogP contribution in [-0.2, 0) is 16.0 Å². The molecule has 0 fully saturated rings. The highest BCUT2D eigenvalue weighted by Crippen LogP contribution is 2.17. The van der Waals surface area contributed by atoms with Gasteiger partial charge in [-0.25, -0.2) is 4.79 Å². The Balaban J connectivity index is 2.01. The first-order valence-electron chi connectivity index (χ1n) is 7.91. The molecule has 1 heterocycles. The molecule has 0 aliphatic heterocycles. The van der Waals surface area contributed by atoms with Crippen LogP contribution in [0.25, 0.3) is 0 Å². The zero-order chi connectivity index (χ0) is 18.6. The molecule has 7 heteroatoms. The second-order valence-electron chi connectivity index (χ2n) is 5.58. The van der Waals surface area contributed by atoms with Crippen LogP contribution >= 0.6 is 0 Å². The predicted octanol–water partition coefficient (Wildman–Crippen LogP) is 2.93. The molecule has 1 amide bonds. The molecular weight excluding hydrogens is 324 g/mol. The van der Waals surface area contributed by atoms with Gasteiger partial charge in [-0.3, -0.25) is 9.59 Å². The van der Waals surface area contributed by atoms with E-state index in [0.29, 0.717) is 29.1 Å². The highest BCUT2D eigenvalue weighted by molar-refractivity contribution is 5.99. The number of aryl methyl sites for hydroxylation is 2. The lowest BCUT2D eigenvalue weighted by Crippen LogP contribution is -2.30. The minimum Gasteiger partial charge on any atom is -0.449 e. The summed E-state index contributed by atoms with van der Waals surface area (Å²) in [6.45, 7) is 6.40. The average Bonchev–Trinajstić information content (AvgIpc) is 2.96. The van der Waals surface area contributed by atoms with Crippen LogP contribution in [0.2, 0.25) is 0 Å². The summed E-state index contributed by atoms with van der Waals surface area (Å²) in [5.74, 6) is -0.827. The standard InChI is InChI=1S/C18H20N2O5/c1-5-15-16(11(3)25-20-15)18(23)24-12(4)17(22)19-14-8-6-13(7-9-14)10(2)21/h6-9,12H,5H2,1-4H3,(H,19,22)/t12-/m0/s1. The zero-order valence-electron chi connectivity index (χ0n) is 14.6. The van der Waals surface area contributed by atoms with Gasteiger partial charge in [0.05, 0.1) is 5.69 Å². The maximum Gasteiger partial charge on any atom is 0.344 e. The van der Waals surface area contributed by atoms with Gasteiger partial charge in [-0.1, -0.05) is 12.1 Å². The van der Waals surface area contributed by atoms with Crippen molar-refractivity contribution in [2.75, 3.05) is 5.32 Å². The van der Waals surface area contributed by atoms with E-state index in [4.69, 9.17) is 9.26 Å². The third-order valence-corrected chi connectivity index (χ3v) is 3.68. The monoisotopic (exact) mass is 344 g/mol. The third-order valence-electron chi connectivity index (χ3n) is 3.68.